The minimum atomic E-state index is -0.160. The van der Waals surface area contributed by atoms with E-state index in [2.05, 4.69) is 10.4 Å². The van der Waals surface area contributed by atoms with Crippen LogP contribution in [-0.2, 0) is 0 Å². The van der Waals surface area contributed by atoms with Crippen LogP contribution in [0, 0.1) is 0 Å². The Morgan fingerprint density at radius 3 is 2.54 bits per heavy atom. The van der Waals surface area contributed by atoms with Crippen molar-refractivity contribution in [2.24, 2.45) is 0 Å². The molecule has 1 aliphatic carbocycles. The van der Waals surface area contributed by atoms with Gasteiger partial charge in [-0.1, -0.05) is 30.3 Å². The molecule has 6 heteroatoms. The lowest BCUT2D eigenvalue weighted by Gasteiger charge is -2.11. The summed E-state index contributed by atoms with van der Waals surface area (Å²) in [5.74, 6) is 1.65. The first kappa shape index (κ1) is 18.1. The minimum absolute atomic E-state index is 0.160. The van der Waals surface area contributed by atoms with Crippen LogP contribution in [0.3, 0.4) is 0 Å². The fourth-order valence-corrected chi connectivity index (χ4v) is 3.06. The van der Waals surface area contributed by atoms with Crippen LogP contribution in [0.4, 0.5) is 0 Å². The Hall–Kier alpha value is -3.28. The molecule has 0 aliphatic heterocycles. The molecule has 28 heavy (non-hydrogen) atoms. The van der Waals surface area contributed by atoms with Gasteiger partial charge >= 0.3 is 0 Å². The molecule has 144 valence electrons. The van der Waals surface area contributed by atoms with E-state index in [1.165, 1.54) is 0 Å². The molecule has 0 atom stereocenters. The summed E-state index contributed by atoms with van der Waals surface area (Å²) in [5.41, 5.74) is 2.41. The van der Waals surface area contributed by atoms with E-state index in [0.717, 1.165) is 24.2 Å². The van der Waals surface area contributed by atoms with Crippen LogP contribution in [0.15, 0.2) is 60.7 Å². The highest BCUT2D eigenvalue weighted by Gasteiger charge is 2.29. The molecule has 2 aromatic carbocycles. The molecule has 0 unspecified atom stereocenters. The van der Waals surface area contributed by atoms with Crippen LogP contribution in [0.25, 0.3) is 5.69 Å². The summed E-state index contributed by atoms with van der Waals surface area (Å²) in [7, 11) is 1.60. The first-order valence-corrected chi connectivity index (χ1v) is 9.45. The number of carbonyl (C=O) groups is 1. The number of methoxy groups -OCH3 is 1. The van der Waals surface area contributed by atoms with Gasteiger partial charge in [-0.05, 0) is 43.2 Å². The van der Waals surface area contributed by atoms with Crippen LogP contribution in [0.1, 0.15) is 34.9 Å². The quantitative estimate of drug-likeness (QED) is 0.610. The molecule has 6 nitrogen and oxygen atoms in total. The van der Waals surface area contributed by atoms with Crippen LogP contribution in [-0.4, -0.2) is 35.9 Å². The molecule has 0 bridgehead atoms. The van der Waals surface area contributed by atoms with E-state index < -0.39 is 0 Å². The summed E-state index contributed by atoms with van der Waals surface area (Å²) >= 11 is 0. The van der Waals surface area contributed by atoms with Gasteiger partial charge in [0.2, 0.25) is 0 Å². The van der Waals surface area contributed by atoms with Gasteiger partial charge in [0.15, 0.2) is 11.5 Å². The number of nitrogens with one attached hydrogen (secondary N) is 1. The topological polar surface area (TPSA) is 65.4 Å². The molecular formula is C22H23N3O3. The first-order chi connectivity index (χ1) is 13.8. The van der Waals surface area contributed by atoms with Crippen molar-refractivity contribution in [1.29, 1.82) is 0 Å². The van der Waals surface area contributed by atoms with Crippen LogP contribution < -0.4 is 14.8 Å². The predicted octanol–water partition coefficient (Wildman–Crippen LogP) is 3.57. The third-order valence-corrected chi connectivity index (χ3v) is 4.67. The van der Waals surface area contributed by atoms with Crippen molar-refractivity contribution >= 4 is 5.91 Å². The van der Waals surface area contributed by atoms with E-state index in [-0.39, 0.29) is 5.91 Å². The average Bonchev–Trinajstić information content (AvgIpc) is 3.50. The highest BCUT2D eigenvalue weighted by atomic mass is 16.5. The standard InChI is InChI=1S/C22H23N3O3/c1-27-20-9-5-6-10-21(20)28-14-13-23-22(26)19-15-18(16-11-12-16)24-25(19)17-7-3-2-4-8-17/h2-10,15-16H,11-14H2,1H3,(H,23,26). The van der Waals surface area contributed by atoms with Gasteiger partial charge in [-0.2, -0.15) is 5.10 Å². The van der Waals surface area contributed by atoms with Crippen LogP contribution in [0.2, 0.25) is 0 Å². The normalized spacial score (nSPS) is 13.2. The number of carbonyl (C=O) groups excluding carboxylic acids is 1. The molecule has 1 aliphatic rings. The second-order valence-electron chi connectivity index (χ2n) is 6.73. The Bertz CT molecular complexity index is 949. The Balaban J connectivity index is 1.42. The van der Waals surface area contributed by atoms with E-state index in [1.807, 2.05) is 60.7 Å². The molecule has 1 heterocycles. The second-order valence-corrected chi connectivity index (χ2v) is 6.73. The number of ether oxygens (including phenoxy) is 2. The van der Waals surface area contributed by atoms with Crippen molar-refractivity contribution in [2.75, 3.05) is 20.3 Å². The van der Waals surface area contributed by atoms with Gasteiger partial charge in [0.1, 0.15) is 12.3 Å². The van der Waals surface area contributed by atoms with E-state index in [0.29, 0.717) is 36.3 Å². The molecule has 0 saturated heterocycles. The molecule has 1 fully saturated rings. The Morgan fingerprint density at radius 2 is 1.82 bits per heavy atom. The molecule has 3 aromatic rings. The SMILES string of the molecule is COc1ccccc1OCCNC(=O)c1cc(C2CC2)nn1-c1ccccc1. The van der Waals surface area contributed by atoms with E-state index in [9.17, 15) is 4.79 Å². The fourth-order valence-electron chi connectivity index (χ4n) is 3.06. The summed E-state index contributed by atoms with van der Waals surface area (Å²) in [6, 6.07) is 19.1. The van der Waals surface area contributed by atoms with Crippen molar-refractivity contribution < 1.29 is 14.3 Å². The number of nitrogens with zero attached hydrogens (tertiary/aromatic N) is 2. The summed E-state index contributed by atoms with van der Waals surface area (Å²) in [6.07, 6.45) is 2.28. The zero-order valence-corrected chi connectivity index (χ0v) is 15.8. The number of para-hydroxylation sites is 3. The van der Waals surface area contributed by atoms with E-state index in [4.69, 9.17) is 9.47 Å². The first-order valence-electron chi connectivity index (χ1n) is 9.45. The van der Waals surface area contributed by atoms with Gasteiger partial charge in [-0.3, -0.25) is 4.79 Å². The zero-order chi connectivity index (χ0) is 19.3. The highest BCUT2D eigenvalue weighted by Crippen LogP contribution is 2.39. The number of rotatable bonds is 8. The summed E-state index contributed by atoms with van der Waals surface area (Å²) < 4.78 is 12.7. The maximum Gasteiger partial charge on any atom is 0.270 e. The second kappa shape index (κ2) is 8.17. The number of hydrogen-bond donors (Lipinski definition) is 1. The molecule has 1 aromatic heterocycles. The van der Waals surface area contributed by atoms with Gasteiger partial charge in [-0.25, -0.2) is 4.68 Å². The molecular weight excluding hydrogens is 354 g/mol. The lowest BCUT2D eigenvalue weighted by Crippen LogP contribution is -2.29. The van der Waals surface area contributed by atoms with Gasteiger partial charge in [-0.15, -0.1) is 0 Å². The summed E-state index contributed by atoms with van der Waals surface area (Å²) in [4.78, 5) is 12.8. The van der Waals surface area contributed by atoms with Gasteiger partial charge in [0.05, 0.1) is 25.0 Å². The van der Waals surface area contributed by atoms with Crippen molar-refractivity contribution in [3.05, 3.63) is 72.1 Å². The Labute approximate surface area is 164 Å². The lowest BCUT2D eigenvalue weighted by molar-refractivity contribution is 0.0939. The van der Waals surface area contributed by atoms with Gasteiger partial charge in [0, 0.05) is 5.92 Å². The number of aromatic nitrogens is 2. The highest BCUT2D eigenvalue weighted by molar-refractivity contribution is 5.93. The number of benzene rings is 2. The molecule has 1 N–H and O–H groups in total. The largest absolute Gasteiger partial charge is 0.493 e. The van der Waals surface area contributed by atoms with Crippen LogP contribution in [0.5, 0.6) is 11.5 Å². The third kappa shape index (κ3) is 4.01. The maximum absolute atomic E-state index is 12.8. The number of hydrogen-bond acceptors (Lipinski definition) is 4. The Kier molecular flexibility index (Phi) is 5.28. The zero-order valence-electron chi connectivity index (χ0n) is 15.8. The van der Waals surface area contributed by atoms with Crippen molar-refractivity contribution in [2.45, 2.75) is 18.8 Å². The van der Waals surface area contributed by atoms with Gasteiger partial charge in [0.25, 0.3) is 5.91 Å². The minimum Gasteiger partial charge on any atom is -0.493 e. The fraction of sp³-hybridized carbons (Fsp3) is 0.273. The van der Waals surface area contributed by atoms with E-state index >= 15 is 0 Å². The molecule has 0 spiro atoms. The smallest absolute Gasteiger partial charge is 0.270 e. The monoisotopic (exact) mass is 377 g/mol. The van der Waals surface area contributed by atoms with Crippen molar-refractivity contribution in [1.82, 2.24) is 15.1 Å². The molecule has 1 saturated carbocycles. The van der Waals surface area contributed by atoms with Crippen LogP contribution >= 0.6 is 0 Å². The summed E-state index contributed by atoms with van der Waals surface area (Å²) in [5, 5.41) is 7.59. The average molecular weight is 377 g/mol. The van der Waals surface area contributed by atoms with Crippen molar-refractivity contribution in [3.8, 4) is 17.2 Å². The molecule has 4 rings (SSSR count). The number of amides is 1. The molecule has 0 radical (unpaired) electrons. The lowest BCUT2D eigenvalue weighted by atomic mass is 10.2. The molecule has 1 amide bonds. The predicted molar refractivity (Wildman–Crippen MR) is 106 cm³/mol. The Morgan fingerprint density at radius 1 is 1.11 bits per heavy atom. The maximum atomic E-state index is 12.8. The third-order valence-electron chi connectivity index (χ3n) is 4.67. The van der Waals surface area contributed by atoms with Crippen molar-refractivity contribution in [3.63, 3.8) is 0 Å². The van der Waals surface area contributed by atoms with Gasteiger partial charge < -0.3 is 14.8 Å². The van der Waals surface area contributed by atoms with E-state index in [1.54, 1.807) is 11.8 Å². The summed E-state index contributed by atoms with van der Waals surface area (Å²) in [6.45, 7) is 0.733.